The van der Waals surface area contributed by atoms with Gasteiger partial charge < -0.3 is 14.6 Å². The Balaban J connectivity index is 1.77. The van der Waals surface area contributed by atoms with Crippen LogP contribution in [0, 0.1) is 0 Å². The predicted octanol–water partition coefficient (Wildman–Crippen LogP) is 1.87. The van der Waals surface area contributed by atoms with Crippen LogP contribution in [0.3, 0.4) is 0 Å². The van der Waals surface area contributed by atoms with Crippen LogP contribution in [0.1, 0.15) is 39.5 Å². The normalized spacial score (nSPS) is 17.6. The zero-order chi connectivity index (χ0) is 12.3. The van der Waals surface area contributed by atoms with Gasteiger partial charge in [-0.3, -0.25) is 0 Å². The Labute approximate surface area is 103 Å². The molecule has 1 saturated heterocycles. The molecule has 1 aliphatic heterocycles. The maximum absolute atomic E-state index is 5.56. The molecule has 1 N–H and O–H groups in total. The second-order valence-electron chi connectivity index (χ2n) is 5.64. The monoisotopic (exact) mass is 238 g/mol. The van der Waals surface area contributed by atoms with Crippen LogP contribution in [0.5, 0.6) is 0 Å². The van der Waals surface area contributed by atoms with E-state index in [0.29, 0.717) is 11.9 Å². The number of aromatic nitrogens is 2. The molecule has 5 heteroatoms. The third-order valence-corrected chi connectivity index (χ3v) is 2.97. The minimum absolute atomic E-state index is 0.0815. The summed E-state index contributed by atoms with van der Waals surface area (Å²) in [6, 6.07) is 0.536. The fourth-order valence-electron chi connectivity index (χ4n) is 1.92. The molecule has 2 heterocycles. The van der Waals surface area contributed by atoms with Gasteiger partial charge in [0, 0.05) is 18.5 Å². The van der Waals surface area contributed by atoms with Crippen molar-refractivity contribution in [3.63, 3.8) is 0 Å². The van der Waals surface area contributed by atoms with Crippen LogP contribution in [0.4, 0.5) is 6.01 Å². The fourth-order valence-corrected chi connectivity index (χ4v) is 1.92. The van der Waals surface area contributed by atoms with Crippen LogP contribution in [-0.2, 0) is 5.41 Å². The third-order valence-electron chi connectivity index (χ3n) is 2.97. The van der Waals surface area contributed by atoms with Gasteiger partial charge in [0.2, 0.25) is 5.89 Å². The highest BCUT2D eigenvalue weighted by Crippen LogP contribution is 2.21. The molecule has 2 rings (SSSR count). The predicted molar refractivity (Wildman–Crippen MR) is 67.2 cm³/mol. The lowest BCUT2D eigenvalue weighted by molar-refractivity contribution is 0.350. The third kappa shape index (κ3) is 3.43. The molecular formula is C12H22N4O. The molecule has 5 nitrogen and oxygen atoms in total. The molecule has 1 fully saturated rings. The van der Waals surface area contributed by atoms with Crippen LogP contribution in [0.2, 0.25) is 0 Å². The number of anilines is 1. The average molecular weight is 238 g/mol. The molecule has 0 aliphatic carbocycles. The number of hydrogen-bond acceptors (Lipinski definition) is 5. The Morgan fingerprint density at radius 1 is 1.24 bits per heavy atom. The fraction of sp³-hybridized carbons (Fsp3) is 0.833. The zero-order valence-corrected chi connectivity index (χ0v) is 11.0. The van der Waals surface area contributed by atoms with Crippen molar-refractivity contribution in [3.05, 3.63) is 5.89 Å². The molecule has 1 aromatic rings. The van der Waals surface area contributed by atoms with Gasteiger partial charge in [-0.25, -0.2) is 0 Å². The average Bonchev–Trinajstić information content (AvgIpc) is 2.86. The van der Waals surface area contributed by atoms with E-state index in [1.54, 1.807) is 0 Å². The van der Waals surface area contributed by atoms with E-state index in [1.807, 2.05) is 0 Å². The van der Waals surface area contributed by atoms with Crippen LogP contribution in [0.15, 0.2) is 4.42 Å². The maximum atomic E-state index is 5.56. The Morgan fingerprint density at radius 2 is 1.94 bits per heavy atom. The number of likely N-dealkylation sites (tertiary alicyclic amines) is 1. The van der Waals surface area contributed by atoms with E-state index < -0.39 is 0 Å². The van der Waals surface area contributed by atoms with Gasteiger partial charge in [-0.2, -0.15) is 0 Å². The Bertz CT molecular complexity index is 350. The lowest BCUT2D eigenvalue weighted by Crippen LogP contribution is -2.26. The van der Waals surface area contributed by atoms with E-state index >= 15 is 0 Å². The topological polar surface area (TPSA) is 54.2 Å². The molecule has 0 spiro atoms. The largest absolute Gasteiger partial charge is 0.408 e. The van der Waals surface area contributed by atoms with Gasteiger partial charge >= 0.3 is 6.01 Å². The first-order valence-electron chi connectivity index (χ1n) is 6.36. The Morgan fingerprint density at radius 3 is 2.53 bits per heavy atom. The van der Waals surface area contributed by atoms with Gasteiger partial charge in [0.15, 0.2) is 0 Å². The van der Waals surface area contributed by atoms with Crippen LogP contribution in [0.25, 0.3) is 0 Å². The summed E-state index contributed by atoms with van der Waals surface area (Å²) in [5, 5.41) is 11.2. The minimum atomic E-state index is -0.0815. The van der Waals surface area contributed by atoms with Crippen molar-refractivity contribution in [2.24, 2.45) is 0 Å². The number of nitrogens with one attached hydrogen (secondary N) is 1. The second-order valence-corrected chi connectivity index (χ2v) is 5.64. The van der Waals surface area contributed by atoms with E-state index in [4.69, 9.17) is 4.42 Å². The van der Waals surface area contributed by atoms with Crippen molar-refractivity contribution in [1.29, 1.82) is 0 Å². The maximum Gasteiger partial charge on any atom is 0.315 e. The van der Waals surface area contributed by atoms with Crippen LogP contribution < -0.4 is 5.32 Å². The van der Waals surface area contributed by atoms with Crippen molar-refractivity contribution < 1.29 is 4.42 Å². The standard InChI is InChI=1S/C12H22N4O/c1-12(2,3)10-14-15-11(17-10)13-6-9-16-7-4-5-8-16/h4-9H2,1-3H3,(H,13,15). The molecule has 0 atom stereocenters. The molecule has 0 unspecified atom stereocenters. The summed E-state index contributed by atoms with van der Waals surface area (Å²) in [5.74, 6) is 0.682. The highest BCUT2D eigenvalue weighted by Gasteiger charge is 2.21. The van der Waals surface area contributed by atoms with Gasteiger partial charge in [0.1, 0.15) is 0 Å². The van der Waals surface area contributed by atoms with Crippen molar-refractivity contribution >= 4 is 6.01 Å². The van der Waals surface area contributed by atoms with Crippen molar-refractivity contribution in [3.8, 4) is 0 Å². The first kappa shape index (κ1) is 12.4. The van der Waals surface area contributed by atoms with Crippen molar-refractivity contribution in [2.75, 3.05) is 31.5 Å². The first-order chi connectivity index (χ1) is 8.05. The quantitative estimate of drug-likeness (QED) is 0.868. The van der Waals surface area contributed by atoms with E-state index in [-0.39, 0.29) is 5.41 Å². The highest BCUT2D eigenvalue weighted by molar-refractivity contribution is 5.18. The van der Waals surface area contributed by atoms with Crippen LogP contribution in [-0.4, -0.2) is 41.3 Å². The van der Waals surface area contributed by atoms with E-state index in [1.165, 1.54) is 25.9 Å². The van der Waals surface area contributed by atoms with Gasteiger partial charge in [-0.05, 0) is 25.9 Å². The SMILES string of the molecule is CC(C)(C)c1nnc(NCCN2CCCC2)o1. The molecule has 0 saturated carbocycles. The molecule has 0 aromatic carbocycles. The molecule has 0 amide bonds. The first-order valence-corrected chi connectivity index (χ1v) is 6.36. The van der Waals surface area contributed by atoms with E-state index in [9.17, 15) is 0 Å². The van der Waals surface area contributed by atoms with Gasteiger partial charge in [-0.1, -0.05) is 25.9 Å². The van der Waals surface area contributed by atoms with E-state index in [0.717, 1.165) is 13.1 Å². The van der Waals surface area contributed by atoms with Gasteiger partial charge in [0.25, 0.3) is 0 Å². The molecular weight excluding hydrogens is 216 g/mol. The molecule has 96 valence electrons. The second kappa shape index (κ2) is 5.04. The smallest absolute Gasteiger partial charge is 0.315 e. The summed E-state index contributed by atoms with van der Waals surface area (Å²) >= 11 is 0. The number of nitrogens with zero attached hydrogens (tertiary/aromatic N) is 3. The molecule has 17 heavy (non-hydrogen) atoms. The molecule has 1 aromatic heterocycles. The van der Waals surface area contributed by atoms with Crippen LogP contribution >= 0.6 is 0 Å². The summed E-state index contributed by atoms with van der Waals surface area (Å²) in [5.41, 5.74) is -0.0815. The molecule has 0 bridgehead atoms. The summed E-state index contributed by atoms with van der Waals surface area (Å²) in [4.78, 5) is 2.45. The summed E-state index contributed by atoms with van der Waals surface area (Å²) in [6.45, 7) is 10.5. The number of hydrogen-bond donors (Lipinski definition) is 1. The molecule has 0 radical (unpaired) electrons. The summed E-state index contributed by atoms with van der Waals surface area (Å²) < 4.78 is 5.56. The highest BCUT2D eigenvalue weighted by atomic mass is 16.4. The molecule has 1 aliphatic rings. The lowest BCUT2D eigenvalue weighted by atomic mass is 9.97. The summed E-state index contributed by atoms with van der Waals surface area (Å²) in [6.07, 6.45) is 2.66. The number of rotatable bonds is 4. The lowest BCUT2D eigenvalue weighted by Gasteiger charge is -2.14. The van der Waals surface area contributed by atoms with Crippen molar-refractivity contribution in [2.45, 2.75) is 39.0 Å². The zero-order valence-electron chi connectivity index (χ0n) is 11.0. The summed E-state index contributed by atoms with van der Waals surface area (Å²) in [7, 11) is 0. The Kier molecular flexibility index (Phi) is 3.66. The minimum Gasteiger partial charge on any atom is -0.408 e. The van der Waals surface area contributed by atoms with E-state index in [2.05, 4.69) is 41.2 Å². The van der Waals surface area contributed by atoms with Gasteiger partial charge in [0.05, 0.1) is 0 Å². The van der Waals surface area contributed by atoms with Crippen molar-refractivity contribution in [1.82, 2.24) is 15.1 Å². The van der Waals surface area contributed by atoms with Gasteiger partial charge in [-0.15, -0.1) is 5.10 Å². The Hall–Kier alpha value is -1.10.